The van der Waals surface area contributed by atoms with Crippen molar-refractivity contribution >= 4 is 17.5 Å². The Labute approximate surface area is 153 Å². The number of hydrogen-bond acceptors (Lipinski definition) is 3. The zero-order chi connectivity index (χ0) is 18.4. The molecule has 0 radical (unpaired) electrons. The van der Waals surface area contributed by atoms with E-state index in [9.17, 15) is 9.59 Å². The second-order valence-corrected chi connectivity index (χ2v) is 6.58. The SMILES string of the molecule is COc1ccccc1CC(=O)NCc1cccc(NC(=O)C2CCC2)c1. The minimum Gasteiger partial charge on any atom is -0.496 e. The molecule has 0 unspecified atom stereocenters. The first-order chi connectivity index (χ1) is 12.7. The van der Waals surface area contributed by atoms with Gasteiger partial charge in [-0.15, -0.1) is 0 Å². The normalized spacial score (nSPS) is 13.6. The monoisotopic (exact) mass is 352 g/mol. The van der Waals surface area contributed by atoms with Crippen LogP contribution in [0.5, 0.6) is 5.75 Å². The van der Waals surface area contributed by atoms with Gasteiger partial charge in [0.05, 0.1) is 13.5 Å². The molecule has 0 aliphatic heterocycles. The van der Waals surface area contributed by atoms with Crippen LogP contribution in [0, 0.1) is 5.92 Å². The Hall–Kier alpha value is -2.82. The lowest BCUT2D eigenvalue weighted by Crippen LogP contribution is -2.28. The number of methoxy groups -OCH3 is 1. The first-order valence-corrected chi connectivity index (χ1v) is 8.94. The van der Waals surface area contributed by atoms with Gasteiger partial charge in [-0.1, -0.05) is 36.8 Å². The predicted molar refractivity (Wildman–Crippen MR) is 101 cm³/mol. The van der Waals surface area contributed by atoms with Gasteiger partial charge in [-0.05, 0) is 36.6 Å². The molecule has 2 aromatic carbocycles. The highest BCUT2D eigenvalue weighted by molar-refractivity contribution is 5.93. The van der Waals surface area contributed by atoms with Crippen molar-refractivity contribution in [2.24, 2.45) is 5.92 Å². The number of rotatable bonds is 7. The van der Waals surface area contributed by atoms with Gasteiger partial charge in [0.15, 0.2) is 0 Å². The number of ether oxygens (including phenoxy) is 1. The van der Waals surface area contributed by atoms with Crippen LogP contribution in [0.3, 0.4) is 0 Å². The van der Waals surface area contributed by atoms with E-state index in [1.165, 1.54) is 0 Å². The van der Waals surface area contributed by atoms with Crippen molar-refractivity contribution < 1.29 is 14.3 Å². The van der Waals surface area contributed by atoms with Gasteiger partial charge in [-0.3, -0.25) is 9.59 Å². The van der Waals surface area contributed by atoms with Gasteiger partial charge in [0.2, 0.25) is 11.8 Å². The zero-order valence-corrected chi connectivity index (χ0v) is 15.0. The molecule has 2 N–H and O–H groups in total. The summed E-state index contributed by atoms with van der Waals surface area (Å²) >= 11 is 0. The minimum absolute atomic E-state index is 0.0709. The van der Waals surface area contributed by atoms with Crippen molar-refractivity contribution in [1.82, 2.24) is 5.32 Å². The average Bonchev–Trinajstić information content (AvgIpc) is 2.59. The van der Waals surface area contributed by atoms with Gasteiger partial charge >= 0.3 is 0 Å². The maximum Gasteiger partial charge on any atom is 0.227 e. The Bertz CT molecular complexity index is 784. The minimum atomic E-state index is -0.0709. The van der Waals surface area contributed by atoms with Gasteiger partial charge in [0.25, 0.3) is 0 Å². The van der Waals surface area contributed by atoms with E-state index in [1.54, 1.807) is 7.11 Å². The molecule has 136 valence electrons. The second kappa shape index (κ2) is 8.52. The van der Waals surface area contributed by atoms with Crippen LogP contribution in [-0.4, -0.2) is 18.9 Å². The quantitative estimate of drug-likeness (QED) is 0.803. The van der Waals surface area contributed by atoms with Gasteiger partial charge in [-0.25, -0.2) is 0 Å². The fourth-order valence-electron chi connectivity index (χ4n) is 2.96. The standard InChI is InChI=1S/C21H24N2O3/c1-26-19-11-3-2-7-17(19)13-20(24)22-14-15-6-4-10-18(12-15)23-21(25)16-8-5-9-16/h2-4,6-7,10-12,16H,5,8-9,13-14H2,1H3,(H,22,24)(H,23,25). The van der Waals surface area contributed by atoms with Crippen LogP contribution in [0.2, 0.25) is 0 Å². The number of carbonyl (C=O) groups excluding carboxylic acids is 2. The van der Waals surface area contributed by atoms with Crippen LogP contribution in [0.1, 0.15) is 30.4 Å². The van der Waals surface area contributed by atoms with E-state index in [0.29, 0.717) is 12.3 Å². The number of carbonyl (C=O) groups is 2. The van der Waals surface area contributed by atoms with Gasteiger partial charge in [0, 0.05) is 23.7 Å². The van der Waals surface area contributed by atoms with Gasteiger partial charge < -0.3 is 15.4 Å². The van der Waals surface area contributed by atoms with E-state index in [-0.39, 0.29) is 24.2 Å². The van der Waals surface area contributed by atoms with E-state index >= 15 is 0 Å². The number of benzene rings is 2. The molecule has 1 aliphatic rings. The Morgan fingerprint density at radius 2 is 1.92 bits per heavy atom. The zero-order valence-electron chi connectivity index (χ0n) is 15.0. The van der Waals surface area contributed by atoms with Crippen LogP contribution in [0.4, 0.5) is 5.69 Å². The summed E-state index contributed by atoms with van der Waals surface area (Å²) < 4.78 is 5.27. The molecule has 5 heteroatoms. The molecule has 1 aliphatic carbocycles. The molecule has 0 bridgehead atoms. The smallest absolute Gasteiger partial charge is 0.227 e. The Morgan fingerprint density at radius 1 is 1.12 bits per heavy atom. The molecular weight excluding hydrogens is 328 g/mol. The third-order valence-electron chi connectivity index (χ3n) is 4.70. The lowest BCUT2D eigenvalue weighted by atomic mass is 9.85. The van der Waals surface area contributed by atoms with Crippen LogP contribution in [0.15, 0.2) is 48.5 Å². The summed E-state index contributed by atoms with van der Waals surface area (Å²) in [4.78, 5) is 24.3. The Morgan fingerprint density at radius 3 is 2.65 bits per heavy atom. The summed E-state index contributed by atoms with van der Waals surface area (Å²) in [6.45, 7) is 0.418. The van der Waals surface area contributed by atoms with E-state index in [2.05, 4.69) is 10.6 Å². The molecule has 26 heavy (non-hydrogen) atoms. The lowest BCUT2D eigenvalue weighted by molar-refractivity contribution is -0.122. The van der Waals surface area contributed by atoms with Crippen molar-refractivity contribution in [3.63, 3.8) is 0 Å². The first-order valence-electron chi connectivity index (χ1n) is 8.94. The molecule has 1 fully saturated rings. The molecule has 0 spiro atoms. The molecule has 3 rings (SSSR count). The number of amides is 2. The van der Waals surface area contributed by atoms with Crippen LogP contribution >= 0.6 is 0 Å². The molecule has 2 amide bonds. The van der Waals surface area contributed by atoms with E-state index < -0.39 is 0 Å². The summed E-state index contributed by atoms with van der Waals surface area (Å²) in [6, 6.07) is 15.1. The van der Waals surface area contributed by atoms with Crippen LogP contribution in [0.25, 0.3) is 0 Å². The first kappa shape index (κ1) is 18.0. The van der Waals surface area contributed by atoms with Gasteiger partial charge in [-0.2, -0.15) is 0 Å². The highest BCUT2D eigenvalue weighted by Crippen LogP contribution is 2.27. The van der Waals surface area contributed by atoms with Crippen LogP contribution < -0.4 is 15.4 Å². The maximum atomic E-state index is 12.2. The second-order valence-electron chi connectivity index (χ2n) is 6.58. The maximum absolute atomic E-state index is 12.2. The largest absolute Gasteiger partial charge is 0.496 e. The van der Waals surface area contributed by atoms with Crippen molar-refractivity contribution in [3.05, 3.63) is 59.7 Å². The molecule has 1 saturated carbocycles. The molecule has 2 aromatic rings. The third-order valence-corrected chi connectivity index (χ3v) is 4.70. The summed E-state index contributed by atoms with van der Waals surface area (Å²) in [5.74, 6) is 0.884. The highest BCUT2D eigenvalue weighted by atomic mass is 16.5. The van der Waals surface area contributed by atoms with E-state index in [1.807, 2.05) is 48.5 Å². The summed E-state index contributed by atoms with van der Waals surface area (Å²) in [5, 5.41) is 5.88. The van der Waals surface area contributed by atoms with Crippen molar-refractivity contribution in [1.29, 1.82) is 0 Å². The van der Waals surface area contributed by atoms with Gasteiger partial charge in [0.1, 0.15) is 5.75 Å². The van der Waals surface area contributed by atoms with Crippen molar-refractivity contribution in [2.45, 2.75) is 32.2 Å². The van der Waals surface area contributed by atoms with Crippen LogP contribution in [-0.2, 0) is 22.6 Å². The van der Waals surface area contributed by atoms with Crippen molar-refractivity contribution in [2.75, 3.05) is 12.4 Å². The molecule has 5 nitrogen and oxygen atoms in total. The summed E-state index contributed by atoms with van der Waals surface area (Å²) in [5.41, 5.74) is 2.58. The Kier molecular flexibility index (Phi) is 5.89. The summed E-state index contributed by atoms with van der Waals surface area (Å²) in [6.07, 6.45) is 3.35. The number of hydrogen-bond donors (Lipinski definition) is 2. The third kappa shape index (κ3) is 4.63. The topological polar surface area (TPSA) is 67.4 Å². The average molecular weight is 352 g/mol. The highest BCUT2D eigenvalue weighted by Gasteiger charge is 2.25. The van der Waals surface area contributed by atoms with E-state index in [0.717, 1.165) is 36.1 Å². The summed E-state index contributed by atoms with van der Waals surface area (Å²) in [7, 11) is 1.60. The molecule has 0 atom stereocenters. The molecular formula is C21H24N2O3. The number of nitrogens with one attached hydrogen (secondary N) is 2. The van der Waals surface area contributed by atoms with Crippen molar-refractivity contribution in [3.8, 4) is 5.75 Å². The molecule has 0 heterocycles. The Balaban J connectivity index is 1.53. The predicted octanol–water partition coefficient (Wildman–Crippen LogP) is 3.29. The fourth-order valence-corrected chi connectivity index (χ4v) is 2.96. The molecule has 0 saturated heterocycles. The van der Waals surface area contributed by atoms with E-state index in [4.69, 9.17) is 4.74 Å². The number of para-hydroxylation sites is 1. The molecule has 0 aromatic heterocycles. The number of anilines is 1. The fraction of sp³-hybridized carbons (Fsp3) is 0.333. The lowest BCUT2D eigenvalue weighted by Gasteiger charge is -2.24.